The fraction of sp³-hybridized carbons (Fsp3) is 0.182. The van der Waals surface area contributed by atoms with Gasteiger partial charge in [0.2, 0.25) is 0 Å². The van der Waals surface area contributed by atoms with E-state index in [2.05, 4.69) is 6.58 Å². The maximum Gasteiger partial charge on any atom is 0.174 e. The Morgan fingerprint density at radius 3 is 3.00 bits per heavy atom. The van der Waals surface area contributed by atoms with Gasteiger partial charge in [-0.1, -0.05) is 24.8 Å². The molecule has 0 amide bonds. The SMILES string of the molecule is C=Cc1c(C)cccc1OCC#N. The molecule has 0 fully saturated rings. The molecular weight excluding hydrogens is 162 g/mol. The zero-order chi connectivity index (χ0) is 9.68. The van der Waals surface area contributed by atoms with Crippen LogP contribution in [0.4, 0.5) is 0 Å². The first kappa shape index (κ1) is 9.34. The Bertz CT molecular complexity index is 350. The number of ether oxygens (including phenoxy) is 1. The first-order valence-electron chi connectivity index (χ1n) is 4.01. The highest BCUT2D eigenvalue weighted by atomic mass is 16.5. The molecule has 0 radical (unpaired) electrons. The molecule has 0 saturated carbocycles. The van der Waals surface area contributed by atoms with Gasteiger partial charge in [-0.25, -0.2) is 0 Å². The highest BCUT2D eigenvalue weighted by Gasteiger charge is 2.01. The Hall–Kier alpha value is -1.75. The van der Waals surface area contributed by atoms with Crippen molar-refractivity contribution in [3.05, 3.63) is 35.9 Å². The second-order valence-electron chi connectivity index (χ2n) is 2.64. The molecule has 0 spiro atoms. The van der Waals surface area contributed by atoms with Gasteiger partial charge in [-0.05, 0) is 18.6 Å². The first-order chi connectivity index (χ1) is 6.29. The lowest BCUT2D eigenvalue weighted by Crippen LogP contribution is -1.96. The van der Waals surface area contributed by atoms with Crippen molar-refractivity contribution in [2.45, 2.75) is 6.92 Å². The van der Waals surface area contributed by atoms with E-state index in [4.69, 9.17) is 10.00 Å². The number of hydrogen-bond acceptors (Lipinski definition) is 2. The van der Waals surface area contributed by atoms with Gasteiger partial charge in [-0.15, -0.1) is 0 Å². The summed E-state index contributed by atoms with van der Waals surface area (Å²) in [6.45, 7) is 5.75. The number of benzene rings is 1. The number of rotatable bonds is 3. The molecule has 13 heavy (non-hydrogen) atoms. The van der Waals surface area contributed by atoms with Crippen LogP contribution in [0.2, 0.25) is 0 Å². The highest BCUT2D eigenvalue weighted by Crippen LogP contribution is 2.22. The van der Waals surface area contributed by atoms with Crippen molar-refractivity contribution in [1.82, 2.24) is 0 Å². The number of nitrogens with zero attached hydrogens (tertiary/aromatic N) is 1. The molecule has 1 aromatic rings. The molecule has 2 nitrogen and oxygen atoms in total. The zero-order valence-corrected chi connectivity index (χ0v) is 7.58. The predicted octanol–water partition coefficient (Wildman–Crippen LogP) is 2.54. The van der Waals surface area contributed by atoms with Crippen LogP contribution in [-0.4, -0.2) is 6.61 Å². The van der Waals surface area contributed by atoms with E-state index in [1.807, 2.05) is 31.2 Å². The van der Waals surface area contributed by atoms with Gasteiger partial charge >= 0.3 is 0 Å². The second-order valence-corrected chi connectivity index (χ2v) is 2.64. The Labute approximate surface area is 78.1 Å². The minimum absolute atomic E-state index is 0.0737. The van der Waals surface area contributed by atoms with E-state index >= 15 is 0 Å². The maximum absolute atomic E-state index is 8.36. The van der Waals surface area contributed by atoms with Gasteiger partial charge < -0.3 is 4.74 Å². The molecule has 66 valence electrons. The van der Waals surface area contributed by atoms with Crippen molar-refractivity contribution < 1.29 is 4.74 Å². The van der Waals surface area contributed by atoms with E-state index in [9.17, 15) is 0 Å². The number of aryl methyl sites for hydroxylation is 1. The van der Waals surface area contributed by atoms with Crippen LogP contribution in [0, 0.1) is 18.3 Å². The zero-order valence-electron chi connectivity index (χ0n) is 7.58. The van der Waals surface area contributed by atoms with Crippen LogP contribution in [0.25, 0.3) is 6.08 Å². The lowest BCUT2D eigenvalue weighted by Gasteiger charge is -2.07. The molecule has 0 atom stereocenters. The molecule has 0 aromatic heterocycles. The van der Waals surface area contributed by atoms with E-state index in [-0.39, 0.29) is 6.61 Å². The highest BCUT2D eigenvalue weighted by molar-refractivity contribution is 5.59. The summed E-state index contributed by atoms with van der Waals surface area (Å²) in [4.78, 5) is 0. The molecule has 0 bridgehead atoms. The van der Waals surface area contributed by atoms with Crippen LogP contribution in [-0.2, 0) is 0 Å². The molecular formula is C11H11NO. The Morgan fingerprint density at radius 2 is 2.38 bits per heavy atom. The van der Waals surface area contributed by atoms with E-state index in [1.54, 1.807) is 6.08 Å². The number of nitriles is 1. The fourth-order valence-corrected chi connectivity index (χ4v) is 1.15. The summed E-state index contributed by atoms with van der Waals surface area (Å²) in [5.41, 5.74) is 2.06. The molecule has 0 heterocycles. The molecule has 0 saturated heterocycles. The normalized spacial score (nSPS) is 8.92. The van der Waals surface area contributed by atoms with Gasteiger partial charge in [0.05, 0.1) is 0 Å². The third-order valence-electron chi connectivity index (χ3n) is 1.78. The average Bonchev–Trinajstić information content (AvgIpc) is 2.15. The summed E-state index contributed by atoms with van der Waals surface area (Å²) in [6, 6.07) is 7.65. The number of hydrogen-bond donors (Lipinski definition) is 0. The molecule has 0 N–H and O–H groups in total. The third-order valence-corrected chi connectivity index (χ3v) is 1.78. The van der Waals surface area contributed by atoms with Crippen LogP contribution in [0.15, 0.2) is 24.8 Å². The standard InChI is InChI=1S/C11H11NO/c1-3-10-9(2)5-4-6-11(10)13-8-7-12/h3-6H,1,8H2,2H3. The van der Waals surface area contributed by atoms with E-state index < -0.39 is 0 Å². The van der Waals surface area contributed by atoms with Gasteiger partial charge in [-0.2, -0.15) is 5.26 Å². The molecule has 1 rings (SSSR count). The van der Waals surface area contributed by atoms with Gasteiger partial charge in [0.1, 0.15) is 11.8 Å². The van der Waals surface area contributed by atoms with Crippen LogP contribution >= 0.6 is 0 Å². The monoisotopic (exact) mass is 173 g/mol. The van der Waals surface area contributed by atoms with Crippen molar-refractivity contribution >= 4 is 6.08 Å². The van der Waals surface area contributed by atoms with E-state index in [1.165, 1.54) is 0 Å². The Morgan fingerprint density at radius 1 is 1.62 bits per heavy atom. The summed E-state index contributed by atoms with van der Waals surface area (Å²) in [5.74, 6) is 0.719. The molecule has 0 aliphatic carbocycles. The van der Waals surface area contributed by atoms with Crippen molar-refractivity contribution in [1.29, 1.82) is 5.26 Å². The lowest BCUT2D eigenvalue weighted by atomic mass is 10.1. The lowest BCUT2D eigenvalue weighted by molar-refractivity contribution is 0.367. The Kier molecular flexibility index (Phi) is 3.10. The van der Waals surface area contributed by atoms with Crippen LogP contribution in [0.3, 0.4) is 0 Å². The van der Waals surface area contributed by atoms with Crippen molar-refractivity contribution in [2.24, 2.45) is 0 Å². The van der Waals surface area contributed by atoms with Gasteiger partial charge in [0, 0.05) is 5.56 Å². The van der Waals surface area contributed by atoms with E-state index in [0.717, 1.165) is 16.9 Å². The summed E-state index contributed by atoms with van der Waals surface area (Å²) in [5, 5.41) is 8.36. The van der Waals surface area contributed by atoms with Gasteiger partial charge in [0.15, 0.2) is 6.61 Å². The molecule has 0 unspecified atom stereocenters. The molecule has 2 heteroatoms. The van der Waals surface area contributed by atoms with Crippen LogP contribution < -0.4 is 4.74 Å². The largest absolute Gasteiger partial charge is 0.478 e. The topological polar surface area (TPSA) is 33.0 Å². The predicted molar refractivity (Wildman–Crippen MR) is 52.4 cm³/mol. The molecule has 1 aromatic carbocycles. The first-order valence-corrected chi connectivity index (χ1v) is 4.01. The van der Waals surface area contributed by atoms with E-state index in [0.29, 0.717) is 0 Å². The summed E-state index contributed by atoms with van der Waals surface area (Å²) in [6.07, 6.45) is 1.74. The van der Waals surface area contributed by atoms with Crippen LogP contribution in [0.1, 0.15) is 11.1 Å². The van der Waals surface area contributed by atoms with Gasteiger partial charge in [-0.3, -0.25) is 0 Å². The third kappa shape index (κ3) is 2.09. The quantitative estimate of drug-likeness (QED) is 0.703. The minimum atomic E-state index is 0.0737. The smallest absolute Gasteiger partial charge is 0.174 e. The van der Waals surface area contributed by atoms with Crippen LogP contribution in [0.5, 0.6) is 5.75 Å². The average molecular weight is 173 g/mol. The summed E-state index contributed by atoms with van der Waals surface area (Å²) in [7, 11) is 0. The Balaban J connectivity index is 2.99. The minimum Gasteiger partial charge on any atom is -0.478 e. The van der Waals surface area contributed by atoms with Crippen molar-refractivity contribution in [2.75, 3.05) is 6.61 Å². The second kappa shape index (κ2) is 4.32. The van der Waals surface area contributed by atoms with Gasteiger partial charge in [0.25, 0.3) is 0 Å². The summed E-state index contributed by atoms with van der Waals surface area (Å²) < 4.78 is 5.23. The molecule has 0 aliphatic rings. The fourth-order valence-electron chi connectivity index (χ4n) is 1.15. The van der Waals surface area contributed by atoms with Crippen molar-refractivity contribution in [3.8, 4) is 11.8 Å². The summed E-state index contributed by atoms with van der Waals surface area (Å²) >= 11 is 0. The molecule has 0 aliphatic heterocycles. The van der Waals surface area contributed by atoms with Crippen molar-refractivity contribution in [3.63, 3.8) is 0 Å². The maximum atomic E-state index is 8.36.